The Morgan fingerprint density at radius 2 is 2.14 bits per heavy atom. The van der Waals surface area contributed by atoms with Gasteiger partial charge < -0.3 is 10.2 Å². The molecule has 5 rings (SSSR count). The highest BCUT2D eigenvalue weighted by atomic mass is 15.3. The van der Waals surface area contributed by atoms with Gasteiger partial charge in [-0.1, -0.05) is 6.42 Å². The van der Waals surface area contributed by atoms with Gasteiger partial charge in [-0.15, -0.1) is 0 Å². The van der Waals surface area contributed by atoms with Crippen molar-refractivity contribution in [2.24, 2.45) is 0 Å². The maximum absolute atomic E-state index is 9.28. The van der Waals surface area contributed by atoms with Crippen LogP contribution in [0.3, 0.4) is 0 Å². The van der Waals surface area contributed by atoms with Crippen LogP contribution in [0.1, 0.15) is 43.2 Å². The number of nitrogens with zero attached hydrogens (tertiary/aromatic N) is 6. The monoisotopic (exact) mass is 373 g/mol. The first-order valence-corrected chi connectivity index (χ1v) is 9.96. The van der Waals surface area contributed by atoms with E-state index in [1.54, 1.807) is 18.6 Å². The standard InChI is InChI=1S/C21H23N7/c1-14-11-23-7-8-27(14)20-19-17(16-3-2-4-16)12-28(21(19)26-13-25-20)18-9-15(10-22)5-6-24-18/h5-6,9,12-14,16,23H,2-4,7-8,11H2,1H3/t14-/m0/s1. The van der Waals surface area contributed by atoms with E-state index >= 15 is 0 Å². The van der Waals surface area contributed by atoms with E-state index in [4.69, 9.17) is 4.98 Å². The summed E-state index contributed by atoms with van der Waals surface area (Å²) < 4.78 is 2.03. The molecule has 0 amide bonds. The number of nitrogens with one attached hydrogen (secondary N) is 1. The van der Waals surface area contributed by atoms with Crippen LogP contribution < -0.4 is 10.2 Å². The minimum absolute atomic E-state index is 0.379. The molecule has 1 aliphatic carbocycles. The van der Waals surface area contributed by atoms with Crippen molar-refractivity contribution < 1.29 is 0 Å². The summed E-state index contributed by atoms with van der Waals surface area (Å²) in [5.41, 5.74) is 2.79. The van der Waals surface area contributed by atoms with E-state index in [1.807, 2.05) is 10.6 Å². The number of fused-ring (bicyclic) bond motifs is 1. The van der Waals surface area contributed by atoms with E-state index in [9.17, 15) is 5.26 Å². The van der Waals surface area contributed by atoms with Crippen LogP contribution in [-0.2, 0) is 0 Å². The lowest BCUT2D eigenvalue weighted by Gasteiger charge is -2.35. The van der Waals surface area contributed by atoms with Gasteiger partial charge in [-0.25, -0.2) is 15.0 Å². The van der Waals surface area contributed by atoms with Crippen molar-refractivity contribution in [3.05, 3.63) is 42.0 Å². The second kappa shape index (κ2) is 6.88. The van der Waals surface area contributed by atoms with Crippen molar-refractivity contribution in [2.75, 3.05) is 24.5 Å². The van der Waals surface area contributed by atoms with Crippen LogP contribution >= 0.6 is 0 Å². The normalized spacial score (nSPS) is 20.1. The number of anilines is 1. The summed E-state index contributed by atoms with van der Waals surface area (Å²) in [6.45, 7) is 5.08. The lowest BCUT2D eigenvalue weighted by atomic mass is 9.80. The zero-order chi connectivity index (χ0) is 19.1. The van der Waals surface area contributed by atoms with Crippen LogP contribution in [0.5, 0.6) is 0 Å². The number of pyridine rings is 1. The maximum Gasteiger partial charge on any atom is 0.151 e. The number of nitriles is 1. The molecule has 7 nitrogen and oxygen atoms in total. The van der Waals surface area contributed by atoms with Gasteiger partial charge in [0.15, 0.2) is 5.65 Å². The summed E-state index contributed by atoms with van der Waals surface area (Å²) in [5, 5.41) is 13.9. The van der Waals surface area contributed by atoms with E-state index in [0.717, 1.165) is 42.3 Å². The molecule has 2 fully saturated rings. The number of piperazine rings is 1. The Hall–Kier alpha value is -2.98. The SMILES string of the molecule is C[C@H]1CNCCN1c1ncnc2c1c(C1CCC1)cn2-c1cc(C#N)ccn1. The van der Waals surface area contributed by atoms with Crippen molar-refractivity contribution in [1.29, 1.82) is 5.26 Å². The van der Waals surface area contributed by atoms with Crippen molar-refractivity contribution >= 4 is 16.9 Å². The fourth-order valence-corrected chi connectivity index (χ4v) is 4.27. The molecule has 1 N–H and O–H groups in total. The van der Waals surface area contributed by atoms with E-state index in [1.165, 1.54) is 24.8 Å². The highest BCUT2D eigenvalue weighted by molar-refractivity contribution is 5.93. The minimum Gasteiger partial charge on any atom is -0.351 e. The third-order valence-electron chi connectivity index (χ3n) is 6.03. The molecular weight excluding hydrogens is 350 g/mol. The molecule has 1 saturated heterocycles. The second-order valence-electron chi connectivity index (χ2n) is 7.74. The molecule has 142 valence electrons. The average Bonchev–Trinajstić information content (AvgIpc) is 3.07. The predicted octanol–water partition coefficient (Wildman–Crippen LogP) is 2.75. The molecule has 28 heavy (non-hydrogen) atoms. The zero-order valence-electron chi connectivity index (χ0n) is 16.0. The van der Waals surface area contributed by atoms with Crippen LogP contribution in [0, 0.1) is 11.3 Å². The highest BCUT2D eigenvalue weighted by Gasteiger charge is 2.30. The lowest BCUT2D eigenvalue weighted by Crippen LogP contribution is -2.50. The summed E-state index contributed by atoms with van der Waals surface area (Å²) in [6.07, 6.45) is 9.19. The van der Waals surface area contributed by atoms with E-state index < -0.39 is 0 Å². The van der Waals surface area contributed by atoms with Gasteiger partial charge in [0.05, 0.1) is 17.0 Å². The molecule has 3 aromatic heterocycles. The van der Waals surface area contributed by atoms with Crippen LogP contribution in [0.2, 0.25) is 0 Å². The summed E-state index contributed by atoms with van der Waals surface area (Å²) in [6, 6.07) is 6.13. The van der Waals surface area contributed by atoms with Gasteiger partial charge in [0.2, 0.25) is 0 Å². The van der Waals surface area contributed by atoms with Gasteiger partial charge in [-0.05, 0) is 43.4 Å². The first-order chi connectivity index (χ1) is 13.8. The number of hydrogen-bond acceptors (Lipinski definition) is 6. The molecule has 3 aromatic rings. The third kappa shape index (κ3) is 2.72. The first-order valence-electron chi connectivity index (χ1n) is 9.96. The van der Waals surface area contributed by atoms with Gasteiger partial charge in [-0.2, -0.15) is 5.26 Å². The quantitative estimate of drug-likeness (QED) is 0.760. The third-order valence-corrected chi connectivity index (χ3v) is 6.03. The molecule has 0 spiro atoms. The van der Waals surface area contributed by atoms with Gasteiger partial charge in [0, 0.05) is 38.1 Å². The Labute approximate surface area is 164 Å². The summed E-state index contributed by atoms with van der Waals surface area (Å²) >= 11 is 0. The Morgan fingerprint density at radius 3 is 2.89 bits per heavy atom. The Bertz CT molecular complexity index is 1060. The van der Waals surface area contributed by atoms with E-state index in [2.05, 4.69) is 39.4 Å². The van der Waals surface area contributed by atoms with Crippen molar-refractivity contribution in [3.63, 3.8) is 0 Å². The molecular formula is C21H23N7. The topological polar surface area (TPSA) is 82.7 Å². The molecule has 7 heteroatoms. The molecule has 4 heterocycles. The molecule has 0 bridgehead atoms. The first kappa shape index (κ1) is 17.1. The number of hydrogen-bond donors (Lipinski definition) is 1. The largest absolute Gasteiger partial charge is 0.351 e. The fraction of sp³-hybridized carbons (Fsp3) is 0.429. The molecule has 1 saturated carbocycles. The molecule has 1 aliphatic heterocycles. The minimum atomic E-state index is 0.379. The molecule has 0 aromatic carbocycles. The lowest BCUT2D eigenvalue weighted by molar-refractivity contribution is 0.421. The van der Waals surface area contributed by atoms with Crippen LogP contribution in [0.4, 0.5) is 5.82 Å². The average molecular weight is 373 g/mol. The Kier molecular flexibility index (Phi) is 4.21. The summed E-state index contributed by atoms with van der Waals surface area (Å²) in [7, 11) is 0. The van der Waals surface area contributed by atoms with Crippen LogP contribution in [0.15, 0.2) is 30.9 Å². The van der Waals surface area contributed by atoms with Gasteiger partial charge in [0.25, 0.3) is 0 Å². The fourth-order valence-electron chi connectivity index (χ4n) is 4.27. The van der Waals surface area contributed by atoms with Gasteiger partial charge in [0.1, 0.15) is 18.0 Å². The van der Waals surface area contributed by atoms with Crippen molar-refractivity contribution in [3.8, 4) is 11.9 Å². The Balaban J connectivity index is 1.72. The van der Waals surface area contributed by atoms with Crippen LogP contribution in [-0.4, -0.2) is 45.2 Å². The van der Waals surface area contributed by atoms with E-state index in [0.29, 0.717) is 17.5 Å². The summed E-state index contributed by atoms with van der Waals surface area (Å²) in [5.74, 6) is 2.30. The second-order valence-corrected chi connectivity index (χ2v) is 7.74. The molecule has 0 radical (unpaired) electrons. The van der Waals surface area contributed by atoms with E-state index in [-0.39, 0.29) is 0 Å². The molecule has 1 atom stereocenters. The highest BCUT2D eigenvalue weighted by Crippen LogP contribution is 2.43. The van der Waals surface area contributed by atoms with Crippen molar-refractivity contribution in [2.45, 2.75) is 38.1 Å². The zero-order valence-corrected chi connectivity index (χ0v) is 16.0. The van der Waals surface area contributed by atoms with Crippen LogP contribution in [0.25, 0.3) is 16.9 Å². The molecule has 0 unspecified atom stereocenters. The Morgan fingerprint density at radius 1 is 1.25 bits per heavy atom. The summed E-state index contributed by atoms with van der Waals surface area (Å²) in [4.78, 5) is 16.3. The van der Waals surface area contributed by atoms with Gasteiger partial charge >= 0.3 is 0 Å². The molecule has 2 aliphatic rings. The smallest absolute Gasteiger partial charge is 0.151 e. The number of rotatable bonds is 3. The number of aromatic nitrogens is 4. The van der Waals surface area contributed by atoms with Crippen molar-refractivity contribution in [1.82, 2.24) is 24.8 Å². The maximum atomic E-state index is 9.28. The predicted molar refractivity (Wildman–Crippen MR) is 108 cm³/mol. The van der Waals surface area contributed by atoms with Gasteiger partial charge in [-0.3, -0.25) is 4.57 Å².